The van der Waals surface area contributed by atoms with Crippen molar-refractivity contribution in [3.63, 3.8) is 0 Å². The Morgan fingerprint density at radius 2 is 1.84 bits per heavy atom. The molecule has 1 N–H and O–H groups in total. The predicted molar refractivity (Wildman–Crippen MR) is 106 cm³/mol. The molecule has 10 heteroatoms. The van der Waals surface area contributed by atoms with E-state index in [-0.39, 0.29) is 11.7 Å². The fraction of sp³-hybridized carbons (Fsp3) is 0.0952. The summed E-state index contributed by atoms with van der Waals surface area (Å²) in [4.78, 5) is 16.0. The molecule has 0 amide bonds. The zero-order valence-electron chi connectivity index (χ0n) is 16.1. The minimum absolute atomic E-state index is 0.279. The first-order chi connectivity index (χ1) is 14.8. The van der Waals surface area contributed by atoms with Crippen LogP contribution >= 0.6 is 0 Å². The van der Waals surface area contributed by atoms with Crippen molar-refractivity contribution in [2.75, 3.05) is 12.4 Å². The molecule has 4 aromatic rings. The van der Waals surface area contributed by atoms with Gasteiger partial charge < -0.3 is 14.8 Å². The summed E-state index contributed by atoms with van der Waals surface area (Å²) in [6, 6.07) is 15.6. The highest BCUT2D eigenvalue weighted by atomic mass is 19.4. The standard InChI is InChI=1S/C21H15F3N4O3/c1-30-19(29)13-7-9-15(10-8-13)25-20-26-18-17(6-3-11-28(18)27-20)14-4-2-5-16(12-14)31-21(22,23)24/h2-12H,1H3,(H,25,27). The molecule has 0 bridgehead atoms. The normalized spacial score (nSPS) is 11.4. The molecule has 0 spiro atoms. The molecule has 2 aromatic carbocycles. The second-order valence-electron chi connectivity index (χ2n) is 6.40. The van der Waals surface area contributed by atoms with Gasteiger partial charge in [0, 0.05) is 17.4 Å². The number of fused-ring (bicyclic) bond motifs is 1. The smallest absolute Gasteiger partial charge is 0.465 e. The number of rotatable bonds is 5. The Balaban J connectivity index is 1.63. The van der Waals surface area contributed by atoms with E-state index in [1.807, 2.05) is 0 Å². The van der Waals surface area contributed by atoms with Crippen LogP contribution in [0.15, 0.2) is 66.9 Å². The third kappa shape index (κ3) is 4.58. The summed E-state index contributed by atoms with van der Waals surface area (Å²) in [6.45, 7) is 0. The highest BCUT2D eigenvalue weighted by Crippen LogP contribution is 2.30. The van der Waals surface area contributed by atoms with Gasteiger partial charge in [0.25, 0.3) is 0 Å². The van der Waals surface area contributed by atoms with E-state index < -0.39 is 12.3 Å². The first kappa shape index (κ1) is 20.2. The summed E-state index contributed by atoms with van der Waals surface area (Å²) in [5, 5.41) is 7.37. The number of hydrogen-bond acceptors (Lipinski definition) is 6. The Bertz CT molecular complexity index is 1240. The molecule has 7 nitrogen and oxygen atoms in total. The van der Waals surface area contributed by atoms with Crippen molar-refractivity contribution < 1.29 is 27.4 Å². The lowest BCUT2D eigenvalue weighted by molar-refractivity contribution is -0.274. The summed E-state index contributed by atoms with van der Waals surface area (Å²) in [5.74, 6) is -0.490. The summed E-state index contributed by atoms with van der Waals surface area (Å²) in [7, 11) is 1.30. The summed E-state index contributed by atoms with van der Waals surface area (Å²) in [5.41, 5.74) is 2.57. The monoisotopic (exact) mass is 428 g/mol. The van der Waals surface area contributed by atoms with E-state index in [1.165, 1.54) is 29.8 Å². The molecule has 31 heavy (non-hydrogen) atoms. The van der Waals surface area contributed by atoms with Gasteiger partial charge in [-0.2, -0.15) is 4.98 Å². The number of ether oxygens (including phenoxy) is 2. The summed E-state index contributed by atoms with van der Waals surface area (Å²) < 4.78 is 47.8. The van der Waals surface area contributed by atoms with Crippen LogP contribution in [0, 0.1) is 0 Å². The van der Waals surface area contributed by atoms with Gasteiger partial charge in [-0.3, -0.25) is 0 Å². The number of anilines is 2. The molecule has 2 heterocycles. The second-order valence-corrected chi connectivity index (χ2v) is 6.40. The molecule has 4 rings (SSSR count). The van der Waals surface area contributed by atoms with Crippen molar-refractivity contribution in [1.82, 2.24) is 14.6 Å². The number of carbonyl (C=O) groups excluding carboxylic acids is 1. The zero-order chi connectivity index (χ0) is 22.0. The first-order valence-electron chi connectivity index (χ1n) is 8.99. The fourth-order valence-corrected chi connectivity index (χ4v) is 2.98. The largest absolute Gasteiger partial charge is 0.573 e. The van der Waals surface area contributed by atoms with Crippen LogP contribution in [0.2, 0.25) is 0 Å². The van der Waals surface area contributed by atoms with Crippen LogP contribution in [0.1, 0.15) is 10.4 Å². The quantitative estimate of drug-likeness (QED) is 0.459. The van der Waals surface area contributed by atoms with Crippen LogP contribution in [0.4, 0.5) is 24.8 Å². The summed E-state index contributed by atoms with van der Waals surface area (Å²) >= 11 is 0. The minimum Gasteiger partial charge on any atom is -0.465 e. The molecule has 0 fully saturated rings. The third-order valence-corrected chi connectivity index (χ3v) is 4.30. The van der Waals surface area contributed by atoms with Gasteiger partial charge in [0.05, 0.1) is 12.7 Å². The Morgan fingerprint density at radius 1 is 1.06 bits per heavy atom. The van der Waals surface area contributed by atoms with Gasteiger partial charge in [-0.1, -0.05) is 12.1 Å². The van der Waals surface area contributed by atoms with Crippen molar-refractivity contribution >= 4 is 23.3 Å². The van der Waals surface area contributed by atoms with Crippen LogP contribution in [0.5, 0.6) is 5.75 Å². The number of alkyl halides is 3. The SMILES string of the molecule is COC(=O)c1ccc(Nc2nc3c(-c4cccc(OC(F)(F)F)c4)cccn3n2)cc1. The lowest BCUT2D eigenvalue weighted by Gasteiger charge is -2.10. The molecule has 0 aliphatic carbocycles. The molecule has 0 saturated carbocycles. The molecular formula is C21H15F3N4O3. The lowest BCUT2D eigenvalue weighted by atomic mass is 10.1. The number of nitrogens with one attached hydrogen (secondary N) is 1. The molecule has 0 atom stereocenters. The minimum atomic E-state index is -4.78. The van der Waals surface area contributed by atoms with E-state index in [0.717, 1.165) is 0 Å². The van der Waals surface area contributed by atoms with E-state index >= 15 is 0 Å². The van der Waals surface area contributed by atoms with E-state index in [0.29, 0.717) is 28.0 Å². The van der Waals surface area contributed by atoms with Gasteiger partial charge in [-0.25, -0.2) is 9.31 Å². The third-order valence-electron chi connectivity index (χ3n) is 4.30. The molecule has 2 aromatic heterocycles. The maximum Gasteiger partial charge on any atom is 0.573 e. The molecule has 0 aliphatic rings. The Morgan fingerprint density at radius 3 is 2.55 bits per heavy atom. The van der Waals surface area contributed by atoms with Crippen molar-refractivity contribution in [3.05, 3.63) is 72.4 Å². The Labute approximate surface area is 174 Å². The van der Waals surface area contributed by atoms with Crippen LogP contribution in [-0.4, -0.2) is 34.0 Å². The number of halogens is 3. The number of esters is 1. The number of methoxy groups -OCH3 is 1. The van der Waals surface area contributed by atoms with Crippen LogP contribution in [0.3, 0.4) is 0 Å². The number of pyridine rings is 1. The van der Waals surface area contributed by atoms with Crippen molar-refractivity contribution in [3.8, 4) is 16.9 Å². The number of hydrogen-bond donors (Lipinski definition) is 1. The zero-order valence-corrected chi connectivity index (χ0v) is 16.1. The van der Waals surface area contributed by atoms with Gasteiger partial charge in [-0.15, -0.1) is 18.3 Å². The Hall–Kier alpha value is -4.08. The number of aromatic nitrogens is 3. The molecule has 0 saturated heterocycles. The predicted octanol–water partition coefficient (Wildman–Crippen LogP) is 4.83. The maximum absolute atomic E-state index is 12.5. The average molecular weight is 428 g/mol. The van der Waals surface area contributed by atoms with E-state index in [9.17, 15) is 18.0 Å². The summed E-state index contributed by atoms with van der Waals surface area (Å²) in [6.07, 6.45) is -3.10. The van der Waals surface area contributed by atoms with Gasteiger partial charge in [0.2, 0.25) is 5.95 Å². The van der Waals surface area contributed by atoms with Crippen LogP contribution in [0.25, 0.3) is 16.8 Å². The number of benzene rings is 2. The number of carbonyl (C=O) groups is 1. The maximum atomic E-state index is 12.5. The van der Waals surface area contributed by atoms with Gasteiger partial charge in [-0.05, 0) is 54.1 Å². The van der Waals surface area contributed by atoms with Crippen LogP contribution in [-0.2, 0) is 4.74 Å². The number of nitrogens with zero attached hydrogens (tertiary/aromatic N) is 3. The molecule has 0 aliphatic heterocycles. The van der Waals surface area contributed by atoms with Gasteiger partial charge in [0.15, 0.2) is 5.65 Å². The lowest BCUT2D eigenvalue weighted by Crippen LogP contribution is -2.17. The second kappa shape index (κ2) is 7.98. The Kier molecular flexibility index (Phi) is 5.20. The molecule has 0 unspecified atom stereocenters. The van der Waals surface area contributed by atoms with E-state index in [4.69, 9.17) is 0 Å². The van der Waals surface area contributed by atoms with Gasteiger partial charge in [0.1, 0.15) is 5.75 Å². The fourth-order valence-electron chi connectivity index (χ4n) is 2.98. The molecule has 0 radical (unpaired) electrons. The van der Waals surface area contributed by atoms with E-state index in [1.54, 1.807) is 48.7 Å². The topological polar surface area (TPSA) is 77.8 Å². The molecular weight excluding hydrogens is 413 g/mol. The van der Waals surface area contributed by atoms with Crippen LogP contribution < -0.4 is 10.1 Å². The van der Waals surface area contributed by atoms with Crippen molar-refractivity contribution in [2.45, 2.75) is 6.36 Å². The molecule has 158 valence electrons. The van der Waals surface area contributed by atoms with Crippen molar-refractivity contribution in [2.24, 2.45) is 0 Å². The van der Waals surface area contributed by atoms with Gasteiger partial charge >= 0.3 is 12.3 Å². The van der Waals surface area contributed by atoms with Crippen molar-refractivity contribution in [1.29, 1.82) is 0 Å². The highest BCUT2D eigenvalue weighted by molar-refractivity contribution is 5.89. The first-order valence-corrected chi connectivity index (χ1v) is 8.99. The van der Waals surface area contributed by atoms with E-state index in [2.05, 4.69) is 24.9 Å². The average Bonchev–Trinajstić information content (AvgIpc) is 3.15. The highest BCUT2D eigenvalue weighted by Gasteiger charge is 2.31.